The average molecular weight is 513 g/mol. The van der Waals surface area contributed by atoms with Gasteiger partial charge in [-0.25, -0.2) is 9.59 Å². The van der Waals surface area contributed by atoms with E-state index in [0.29, 0.717) is 6.42 Å². The van der Waals surface area contributed by atoms with Crippen LogP contribution in [0.4, 0.5) is 0 Å². The molecule has 0 fully saturated rings. The summed E-state index contributed by atoms with van der Waals surface area (Å²) in [5.41, 5.74) is -1.29. The smallest absolute Gasteiger partial charge is 0.334 e. The van der Waals surface area contributed by atoms with Crippen LogP contribution in [-0.4, -0.2) is 73.5 Å². The zero-order valence-electron chi connectivity index (χ0n) is 22.0. The van der Waals surface area contributed by atoms with Gasteiger partial charge in [-0.05, 0) is 19.3 Å². The Morgan fingerprint density at radius 2 is 1.17 bits per heavy atom. The third-order valence-electron chi connectivity index (χ3n) is 4.56. The fourth-order valence-electron chi connectivity index (χ4n) is 2.42. The Morgan fingerprint density at radius 3 is 1.58 bits per heavy atom. The van der Waals surface area contributed by atoms with Crippen molar-refractivity contribution >= 4 is 35.6 Å². The van der Waals surface area contributed by atoms with Crippen molar-refractivity contribution in [3.8, 4) is 0 Å². The van der Waals surface area contributed by atoms with E-state index in [9.17, 15) is 28.8 Å². The summed E-state index contributed by atoms with van der Waals surface area (Å²) in [4.78, 5) is 70.4. The van der Waals surface area contributed by atoms with Crippen LogP contribution in [0.3, 0.4) is 0 Å². The molecule has 0 rings (SSSR count). The lowest BCUT2D eigenvalue weighted by molar-refractivity contribution is -0.140. The fourth-order valence-corrected chi connectivity index (χ4v) is 2.42. The molecule has 36 heavy (non-hydrogen) atoms. The Morgan fingerprint density at radius 1 is 0.722 bits per heavy atom. The molecule has 204 valence electrons. The van der Waals surface area contributed by atoms with Crippen LogP contribution in [0.1, 0.15) is 60.8 Å². The van der Waals surface area contributed by atoms with Crippen LogP contribution >= 0.6 is 0 Å². The summed E-state index contributed by atoms with van der Waals surface area (Å²) in [6.07, 6.45) is 1.39. The number of nitrogens with one attached hydrogen (secondary N) is 4. The Kier molecular flexibility index (Phi) is 14.0. The van der Waals surface area contributed by atoms with Crippen LogP contribution < -0.4 is 21.3 Å². The molecule has 12 nitrogen and oxygen atoms in total. The van der Waals surface area contributed by atoms with Crippen molar-refractivity contribution in [2.75, 3.05) is 32.8 Å². The first-order valence-electron chi connectivity index (χ1n) is 11.7. The predicted molar refractivity (Wildman–Crippen MR) is 131 cm³/mol. The van der Waals surface area contributed by atoms with Crippen LogP contribution in [0.15, 0.2) is 11.6 Å². The Labute approximate surface area is 212 Å². The van der Waals surface area contributed by atoms with Crippen molar-refractivity contribution in [3.05, 3.63) is 11.6 Å². The van der Waals surface area contributed by atoms with E-state index in [1.54, 1.807) is 41.5 Å². The Hall–Kier alpha value is -3.44. The molecule has 0 aromatic rings. The highest BCUT2D eigenvalue weighted by Crippen LogP contribution is 2.12. The molecule has 0 saturated heterocycles. The predicted octanol–water partition coefficient (Wildman–Crippen LogP) is 0.268. The number of esters is 1. The SMILES string of the molecule is CC(C)(C)C(=O)NCC(=O)NCCCOC(=O)C(=CC(=O)O)CCCNC(=O)CNC(=O)C(C)(C)C. The van der Waals surface area contributed by atoms with Gasteiger partial charge in [0.1, 0.15) is 0 Å². The van der Waals surface area contributed by atoms with Crippen molar-refractivity contribution in [2.45, 2.75) is 60.8 Å². The van der Waals surface area contributed by atoms with Crippen molar-refractivity contribution in [2.24, 2.45) is 10.8 Å². The molecule has 0 heterocycles. The summed E-state index contributed by atoms with van der Waals surface area (Å²) < 4.78 is 5.08. The zero-order chi connectivity index (χ0) is 27.9. The van der Waals surface area contributed by atoms with Gasteiger partial charge in [-0.2, -0.15) is 0 Å². The highest BCUT2D eigenvalue weighted by atomic mass is 16.5. The molecular formula is C24H40N4O8. The molecular weight excluding hydrogens is 472 g/mol. The highest BCUT2D eigenvalue weighted by Gasteiger charge is 2.22. The first-order valence-corrected chi connectivity index (χ1v) is 11.7. The highest BCUT2D eigenvalue weighted by molar-refractivity contribution is 5.95. The number of rotatable bonds is 14. The van der Waals surface area contributed by atoms with Crippen LogP contribution in [-0.2, 0) is 33.5 Å². The van der Waals surface area contributed by atoms with Gasteiger partial charge in [-0.1, -0.05) is 41.5 Å². The molecule has 0 unspecified atom stereocenters. The number of amides is 4. The molecule has 0 aliphatic heterocycles. The molecule has 0 spiro atoms. The van der Waals surface area contributed by atoms with E-state index in [0.717, 1.165) is 6.08 Å². The number of aliphatic carboxylic acids is 1. The van der Waals surface area contributed by atoms with Crippen LogP contribution in [0.5, 0.6) is 0 Å². The number of carbonyl (C=O) groups is 6. The van der Waals surface area contributed by atoms with Gasteiger partial charge in [-0.15, -0.1) is 0 Å². The number of hydrogen-bond acceptors (Lipinski definition) is 7. The second kappa shape index (κ2) is 15.5. The lowest BCUT2D eigenvalue weighted by Crippen LogP contribution is -2.42. The van der Waals surface area contributed by atoms with Gasteiger partial charge in [-0.3, -0.25) is 19.2 Å². The van der Waals surface area contributed by atoms with Crippen molar-refractivity contribution < 1.29 is 38.6 Å². The topological polar surface area (TPSA) is 180 Å². The largest absolute Gasteiger partial charge is 0.478 e. The van der Waals surface area contributed by atoms with E-state index < -0.39 is 28.7 Å². The van der Waals surface area contributed by atoms with E-state index in [1.165, 1.54) is 0 Å². The molecule has 0 atom stereocenters. The van der Waals surface area contributed by atoms with Crippen molar-refractivity contribution in [1.82, 2.24) is 21.3 Å². The molecule has 12 heteroatoms. The van der Waals surface area contributed by atoms with E-state index in [1.807, 2.05) is 0 Å². The molecule has 0 radical (unpaired) electrons. The van der Waals surface area contributed by atoms with Crippen LogP contribution in [0.25, 0.3) is 0 Å². The number of hydrogen-bond donors (Lipinski definition) is 5. The molecule has 0 aromatic carbocycles. The summed E-state index contributed by atoms with van der Waals surface area (Å²) in [5.74, 6) is -3.41. The van der Waals surface area contributed by atoms with Crippen molar-refractivity contribution in [1.29, 1.82) is 0 Å². The number of carboxylic acids is 1. The summed E-state index contributed by atoms with van der Waals surface area (Å²) >= 11 is 0. The van der Waals surface area contributed by atoms with E-state index in [-0.39, 0.29) is 68.9 Å². The summed E-state index contributed by atoms with van der Waals surface area (Å²) in [7, 11) is 0. The molecule has 0 aliphatic rings. The zero-order valence-corrected chi connectivity index (χ0v) is 22.0. The van der Waals surface area contributed by atoms with Crippen LogP contribution in [0.2, 0.25) is 0 Å². The first-order chi connectivity index (χ1) is 16.5. The average Bonchev–Trinajstić information content (AvgIpc) is 2.75. The third kappa shape index (κ3) is 15.5. The van der Waals surface area contributed by atoms with Crippen LogP contribution in [0, 0.1) is 10.8 Å². The maximum absolute atomic E-state index is 12.2. The molecule has 5 N–H and O–H groups in total. The minimum Gasteiger partial charge on any atom is -0.478 e. The normalized spacial score (nSPS) is 11.8. The van der Waals surface area contributed by atoms with Gasteiger partial charge in [0.25, 0.3) is 0 Å². The second-order valence-electron chi connectivity index (χ2n) is 10.2. The monoisotopic (exact) mass is 512 g/mol. The summed E-state index contributed by atoms with van der Waals surface area (Å²) in [6, 6.07) is 0. The molecule has 0 bridgehead atoms. The minimum atomic E-state index is -1.31. The molecule has 4 amide bonds. The maximum atomic E-state index is 12.2. The lowest BCUT2D eigenvalue weighted by atomic mass is 9.96. The first kappa shape index (κ1) is 32.6. The Bertz CT molecular complexity index is 838. The van der Waals surface area contributed by atoms with Crippen molar-refractivity contribution in [3.63, 3.8) is 0 Å². The lowest BCUT2D eigenvalue weighted by Gasteiger charge is -2.17. The number of carbonyl (C=O) groups excluding carboxylic acids is 5. The van der Waals surface area contributed by atoms with E-state index in [2.05, 4.69) is 21.3 Å². The van der Waals surface area contributed by atoms with E-state index in [4.69, 9.17) is 9.84 Å². The standard InChI is InChI=1S/C24H40N4O8/c1-23(2,3)21(34)27-14-17(29)25-10-7-9-16(13-19(31)32)20(33)36-12-8-11-26-18(30)15-28-22(35)24(4,5)6/h13H,7-12,14-15H2,1-6H3,(H,25,29)(H,26,30)(H,27,34)(H,28,35)(H,31,32). The van der Waals surface area contributed by atoms with Gasteiger partial charge in [0, 0.05) is 35.6 Å². The number of carboxylic acid groups (broad SMARTS) is 1. The Balaban J connectivity index is 4.30. The van der Waals surface area contributed by atoms with Gasteiger partial charge < -0.3 is 31.1 Å². The molecule has 0 aromatic heterocycles. The summed E-state index contributed by atoms with van der Waals surface area (Å²) in [6.45, 7) is 10.3. The third-order valence-corrected chi connectivity index (χ3v) is 4.56. The van der Waals surface area contributed by atoms with E-state index >= 15 is 0 Å². The quantitative estimate of drug-likeness (QED) is 0.125. The van der Waals surface area contributed by atoms with Gasteiger partial charge in [0.2, 0.25) is 23.6 Å². The number of ether oxygens (including phenoxy) is 1. The van der Waals surface area contributed by atoms with Gasteiger partial charge >= 0.3 is 11.9 Å². The molecule has 0 saturated carbocycles. The molecule has 0 aliphatic carbocycles. The summed E-state index contributed by atoms with van der Waals surface area (Å²) in [5, 5.41) is 19.2. The fraction of sp³-hybridized carbons (Fsp3) is 0.667. The second-order valence-corrected chi connectivity index (χ2v) is 10.2. The van der Waals surface area contributed by atoms with Gasteiger partial charge in [0.05, 0.1) is 19.7 Å². The maximum Gasteiger partial charge on any atom is 0.334 e. The van der Waals surface area contributed by atoms with Gasteiger partial charge in [0.15, 0.2) is 0 Å². The minimum absolute atomic E-state index is 0.0470.